The van der Waals surface area contributed by atoms with Gasteiger partial charge in [0.05, 0.1) is 16.6 Å². The third-order valence-electron chi connectivity index (χ3n) is 24.7. The van der Waals surface area contributed by atoms with E-state index in [0.29, 0.717) is 0 Å². The smallest absolute Gasteiger partial charge is 0.346 e. The van der Waals surface area contributed by atoms with E-state index in [2.05, 4.69) is 332 Å². The van der Waals surface area contributed by atoms with Crippen LogP contribution in [0.3, 0.4) is 0 Å². The van der Waals surface area contributed by atoms with Crippen LogP contribution in [0.5, 0.6) is 0 Å². The van der Waals surface area contributed by atoms with Crippen molar-refractivity contribution in [2.24, 2.45) is 0 Å². The van der Waals surface area contributed by atoms with Crippen molar-refractivity contribution in [3.05, 3.63) is 457 Å². The van der Waals surface area contributed by atoms with Gasteiger partial charge in [0.2, 0.25) is 0 Å². The van der Waals surface area contributed by atoms with E-state index in [9.17, 15) is 0 Å². The first-order chi connectivity index (χ1) is 68.3. The van der Waals surface area contributed by atoms with Crippen LogP contribution in [-0.2, 0) is 63.2 Å². The van der Waals surface area contributed by atoms with Crippen LogP contribution >= 0.6 is 34.0 Å². The number of rotatable bonds is 15. The Morgan fingerprint density at radius 3 is 0.979 bits per heavy atom. The molecule has 0 N–H and O–H groups in total. The molecule has 0 amide bonds. The second kappa shape index (κ2) is 39.5. The van der Waals surface area contributed by atoms with E-state index in [-0.39, 0.29) is 63.2 Å². The van der Waals surface area contributed by atoms with Crippen molar-refractivity contribution in [2.45, 2.75) is 0 Å². The summed E-state index contributed by atoms with van der Waals surface area (Å²) in [5.74, 6) is 0. The average molecular weight is 2400 g/mol. The SMILES string of the molecule is [Pt+2].[Pt+2].[Pt+2].[c-]1c(-c2ccccn2)cc(-c2cccnc2)cc1-n1c2[c-]c(-c3nc4ccc(-c5cccnc5)cc4s3)ccc2c2ccccc21.[c-]1c(-c2ccccn2)cccc1-n1c2[c-]c(-c3nc4cc(-c5cccnc5)ccc4s3)ccc2c2cc(-c3cccnc3)ccc21.[c-]1c(-c2ccccn2)cccc1-n1c2[c-]c(-c3nc4ccc(-c5cccnc5)cc4s3)ccc2c2cc(-c3cccnc3)ccc21. The first kappa shape index (κ1) is 90.3. The Bertz CT molecular complexity index is 8870. The van der Waals surface area contributed by atoms with E-state index in [1.54, 1.807) is 71.2 Å². The second-order valence-corrected chi connectivity index (χ2v) is 36.2. The Hall–Kier alpha value is -15.9. The van der Waals surface area contributed by atoms with Crippen LogP contribution < -0.4 is 0 Å². The van der Waals surface area contributed by atoms with Crippen LogP contribution in [0.1, 0.15) is 0 Å². The van der Waals surface area contributed by atoms with Crippen molar-refractivity contribution in [3.63, 3.8) is 0 Å². The van der Waals surface area contributed by atoms with Crippen LogP contribution in [-0.4, -0.2) is 73.5 Å². The predicted octanol–water partition coefficient (Wildman–Crippen LogP) is 29.5. The molecular formula is C120H69N15Pt3S3. The normalized spacial score (nSPS) is 11.2. The maximum atomic E-state index is 5.07. The van der Waals surface area contributed by atoms with Crippen LogP contribution in [0, 0.1) is 36.4 Å². The summed E-state index contributed by atoms with van der Waals surface area (Å²) in [5.41, 5.74) is 33.2. The van der Waals surface area contributed by atoms with E-state index < -0.39 is 0 Å². The zero-order chi connectivity index (χ0) is 91.4. The van der Waals surface area contributed by atoms with Crippen LogP contribution in [0.15, 0.2) is 421 Å². The molecule has 12 aromatic carbocycles. The molecule has 27 aromatic rings. The van der Waals surface area contributed by atoms with Crippen molar-refractivity contribution in [3.8, 4) is 149 Å². The molecule has 15 nitrogen and oxygen atoms in total. The molecule has 15 heterocycles. The molecule has 141 heavy (non-hydrogen) atoms. The number of thiazole rings is 3. The van der Waals surface area contributed by atoms with Gasteiger partial charge in [0.1, 0.15) is 0 Å². The Balaban J connectivity index is 0.000000120. The Labute approximate surface area is 865 Å². The fraction of sp³-hybridized carbons (Fsp3) is 0. The molecule has 0 spiro atoms. The minimum atomic E-state index is 0. The largest absolute Gasteiger partial charge is 2.00 e. The van der Waals surface area contributed by atoms with Crippen molar-refractivity contribution < 1.29 is 63.2 Å². The maximum absolute atomic E-state index is 5.07. The van der Waals surface area contributed by atoms with Gasteiger partial charge in [0.15, 0.2) is 0 Å². The van der Waals surface area contributed by atoms with E-state index in [4.69, 9.17) is 15.0 Å². The molecule has 15 aromatic heterocycles. The first-order valence-corrected chi connectivity index (χ1v) is 47.3. The van der Waals surface area contributed by atoms with Crippen LogP contribution in [0.2, 0.25) is 0 Å². The number of hydrogen-bond acceptors (Lipinski definition) is 15. The molecule has 0 fully saturated rings. The van der Waals surface area contributed by atoms with Gasteiger partial charge in [-0.1, -0.05) is 155 Å². The van der Waals surface area contributed by atoms with Gasteiger partial charge in [-0.25, -0.2) is 0 Å². The fourth-order valence-electron chi connectivity index (χ4n) is 18.1. The number of hydrogen-bond donors (Lipinski definition) is 0. The monoisotopic (exact) mass is 2400 g/mol. The van der Waals surface area contributed by atoms with Crippen molar-refractivity contribution in [2.75, 3.05) is 0 Å². The summed E-state index contributed by atoms with van der Waals surface area (Å²) in [5, 5.41) is 9.58. The average Bonchev–Trinajstić information content (AvgIpc) is 1.58. The van der Waals surface area contributed by atoms with Crippen molar-refractivity contribution >= 4 is 130 Å². The zero-order valence-corrected chi connectivity index (χ0v) is 83.5. The van der Waals surface area contributed by atoms with E-state index >= 15 is 0 Å². The number of benzene rings is 12. The number of pyridine rings is 9. The summed E-state index contributed by atoms with van der Waals surface area (Å²) in [7, 11) is 0. The van der Waals surface area contributed by atoms with Crippen molar-refractivity contribution in [1.29, 1.82) is 0 Å². The van der Waals surface area contributed by atoms with E-state index in [1.165, 1.54) is 0 Å². The summed E-state index contributed by atoms with van der Waals surface area (Å²) < 4.78 is 10.2. The molecule has 0 atom stereocenters. The standard InChI is InChI=1S/3C40H23N5S.3Pt/c1-2-19-43-35(10-1)28-6-3-9-32(20-28)45-37-16-13-26(30-7-4-17-41-24-30)21-34(37)33-14-11-29(22-38(33)45)40-44-36-15-12-27(23-39(36)46-40)31-8-5-18-42-25-31;1-2-19-43-35(10-1)28-6-3-9-32(20-28)45-37-15-12-26(30-7-4-17-41-24-30)21-34(37)33-14-11-29(23-38(33)45)40-44-36-22-27(13-16-39(36)46-40)31-8-5-18-42-25-31;1-2-11-37-33(9-1)34-14-12-27(40-44-36-15-13-26(23-39(36)46-40)28-7-5-16-41-24-28)22-38(34)45(37)32-20-30(29-8-6-17-42-25-29)19-31(21-32)35-10-3-4-18-43-35;;;/h1-19,21,23-25H;1-19,21-22,24-25H;1-20,23-25H;;;/q3*-2;3*+2. The minimum absolute atomic E-state index is 0. The summed E-state index contributed by atoms with van der Waals surface area (Å²) in [6.07, 6.45) is 27.6. The zero-order valence-electron chi connectivity index (χ0n) is 74.2. The van der Waals surface area contributed by atoms with E-state index in [0.717, 1.165) is 245 Å². The Morgan fingerprint density at radius 1 is 0.199 bits per heavy atom. The fourth-order valence-corrected chi connectivity index (χ4v) is 21.0. The molecule has 0 radical (unpaired) electrons. The molecular weight excluding hydrogens is 2330 g/mol. The Kier molecular flexibility index (Phi) is 25.3. The van der Waals surface area contributed by atoms with Gasteiger partial charge in [0.25, 0.3) is 0 Å². The summed E-state index contributed by atoms with van der Waals surface area (Å²) in [6, 6.07) is 135. The van der Waals surface area contributed by atoms with Gasteiger partial charge in [-0.15, -0.1) is 155 Å². The number of aromatic nitrogens is 15. The number of fused-ring (bicyclic) bond motifs is 12. The van der Waals surface area contributed by atoms with E-state index in [1.807, 2.05) is 147 Å². The van der Waals surface area contributed by atoms with Gasteiger partial charge in [-0.05, 0) is 221 Å². The third-order valence-corrected chi connectivity index (χ3v) is 27.9. The second-order valence-electron chi connectivity index (χ2n) is 33.2. The maximum Gasteiger partial charge on any atom is 2.00 e. The van der Waals surface area contributed by atoms with Gasteiger partial charge >= 0.3 is 63.2 Å². The molecule has 0 unspecified atom stereocenters. The predicted molar refractivity (Wildman–Crippen MR) is 560 cm³/mol. The molecule has 0 bridgehead atoms. The topological polar surface area (TPSA) is 169 Å². The van der Waals surface area contributed by atoms with Gasteiger partial charge in [-0.2, -0.15) is 34.0 Å². The molecule has 0 aliphatic rings. The quantitative estimate of drug-likeness (QED) is 0.0892. The van der Waals surface area contributed by atoms with Gasteiger partial charge in [0, 0.05) is 155 Å². The minimum Gasteiger partial charge on any atom is -0.346 e. The summed E-state index contributed by atoms with van der Waals surface area (Å²) >= 11 is 5.04. The van der Waals surface area contributed by atoms with Crippen LogP contribution in [0.4, 0.5) is 0 Å². The molecule has 0 aliphatic carbocycles. The summed E-state index contributed by atoms with van der Waals surface area (Å²) in [4.78, 5) is 54.9. The number of para-hydroxylation sites is 1. The molecule has 672 valence electrons. The third kappa shape index (κ3) is 17.7. The molecule has 0 aliphatic heterocycles. The van der Waals surface area contributed by atoms with Gasteiger partial charge in [-0.3, -0.25) is 44.9 Å². The molecule has 0 saturated heterocycles. The van der Waals surface area contributed by atoms with Crippen molar-refractivity contribution in [1.82, 2.24) is 73.5 Å². The molecule has 21 heteroatoms. The number of nitrogens with zero attached hydrogens (tertiary/aromatic N) is 15. The summed E-state index contributed by atoms with van der Waals surface area (Å²) in [6.45, 7) is 0. The first-order valence-electron chi connectivity index (χ1n) is 44.8. The molecule has 0 saturated carbocycles. The Morgan fingerprint density at radius 2 is 0.553 bits per heavy atom. The molecule has 27 rings (SSSR count). The van der Waals surface area contributed by atoms with Crippen LogP contribution in [0.25, 0.3) is 245 Å². The van der Waals surface area contributed by atoms with Gasteiger partial charge < -0.3 is 28.7 Å².